The number of H-pyrrole nitrogens is 1. The molecule has 1 heterocycles. The van der Waals surface area contributed by atoms with Gasteiger partial charge in [0.1, 0.15) is 5.82 Å². The van der Waals surface area contributed by atoms with Crippen LogP contribution in [-0.4, -0.2) is 20.7 Å². The molecule has 3 rings (SSSR count). The zero-order valence-corrected chi connectivity index (χ0v) is 10.3. The Balaban J connectivity index is 1.83. The van der Waals surface area contributed by atoms with Crippen molar-refractivity contribution in [3.63, 3.8) is 0 Å². The van der Waals surface area contributed by atoms with Crippen LogP contribution in [0.5, 0.6) is 0 Å². The molecule has 94 valence electrons. The van der Waals surface area contributed by atoms with Crippen molar-refractivity contribution < 1.29 is 8.78 Å². The summed E-state index contributed by atoms with van der Waals surface area (Å²) in [5, 5.41) is 7.05. The summed E-state index contributed by atoms with van der Waals surface area (Å²) in [6, 6.07) is 0.457. The molecule has 2 fully saturated rings. The van der Waals surface area contributed by atoms with Crippen LogP contribution in [0, 0.1) is 4.77 Å². The average Bonchev–Trinajstić information content (AvgIpc) is 3.03. The fourth-order valence-electron chi connectivity index (χ4n) is 2.59. The number of hydrogen-bond acceptors (Lipinski definition) is 2. The summed E-state index contributed by atoms with van der Waals surface area (Å²) < 4.78 is 28.9. The van der Waals surface area contributed by atoms with Gasteiger partial charge in [0.2, 0.25) is 5.92 Å². The molecule has 0 amide bonds. The lowest BCUT2D eigenvalue weighted by atomic mass is 9.86. The van der Waals surface area contributed by atoms with Crippen LogP contribution < -0.4 is 0 Å². The third-order valence-electron chi connectivity index (χ3n) is 3.73. The van der Waals surface area contributed by atoms with Crippen molar-refractivity contribution >= 4 is 12.2 Å². The monoisotopic (exact) mass is 259 g/mol. The molecule has 0 atom stereocenters. The van der Waals surface area contributed by atoms with Crippen LogP contribution in [0.15, 0.2) is 0 Å². The molecule has 0 radical (unpaired) electrons. The molecular weight excluding hydrogens is 244 g/mol. The van der Waals surface area contributed by atoms with Gasteiger partial charge < -0.3 is 4.57 Å². The summed E-state index contributed by atoms with van der Waals surface area (Å²) in [5.74, 6) is -1.44. The number of aromatic nitrogens is 3. The molecule has 2 saturated carbocycles. The predicted molar refractivity (Wildman–Crippen MR) is 61.8 cm³/mol. The van der Waals surface area contributed by atoms with Crippen LogP contribution in [0.25, 0.3) is 0 Å². The highest BCUT2D eigenvalue weighted by Crippen LogP contribution is 2.43. The highest BCUT2D eigenvalue weighted by atomic mass is 32.1. The Morgan fingerprint density at radius 1 is 1.24 bits per heavy atom. The molecule has 1 aromatic rings. The maximum Gasteiger partial charge on any atom is 0.248 e. The minimum absolute atomic E-state index is 0.0258. The van der Waals surface area contributed by atoms with E-state index in [1.54, 1.807) is 0 Å². The van der Waals surface area contributed by atoms with Crippen LogP contribution in [0.4, 0.5) is 8.78 Å². The second kappa shape index (κ2) is 3.86. The van der Waals surface area contributed by atoms with Gasteiger partial charge in [0.25, 0.3) is 0 Å². The maximum atomic E-state index is 13.1. The Labute approximate surface area is 103 Å². The molecule has 0 aromatic carbocycles. The molecule has 2 aliphatic carbocycles. The van der Waals surface area contributed by atoms with E-state index in [9.17, 15) is 8.78 Å². The van der Waals surface area contributed by atoms with Crippen LogP contribution in [0.3, 0.4) is 0 Å². The van der Waals surface area contributed by atoms with Crippen molar-refractivity contribution in [1.29, 1.82) is 0 Å². The molecule has 0 aliphatic heterocycles. The van der Waals surface area contributed by atoms with Crippen LogP contribution in [0.2, 0.25) is 0 Å². The van der Waals surface area contributed by atoms with Gasteiger partial charge in [-0.25, -0.2) is 8.78 Å². The molecule has 1 N–H and O–H groups in total. The largest absolute Gasteiger partial charge is 0.301 e. The zero-order valence-electron chi connectivity index (χ0n) is 9.46. The Morgan fingerprint density at radius 2 is 1.88 bits per heavy atom. The summed E-state index contributed by atoms with van der Waals surface area (Å²) in [6.07, 6.45) is 3.23. The molecule has 1 aromatic heterocycles. The summed E-state index contributed by atoms with van der Waals surface area (Å²) >= 11 is 5.20. The number of halogens is 2. The topological polar surface area (TPSA) is 33.6 Å². The fourth-order valence-corrected chi connectivity index (χ4v) is 2.88. The van der Waals surface area contributed by atoms with Crippen molar-refractivity contribution in [2.75, 3.05) is 0 Å². The van der Waals surface area contributed by atoms with E-state index in [4.69, 9.17) is 12.2 Å². The van der Waals surface area contributed by atoms with Crippen molar-refractivity contribution in [1.82, 2.24) is 14.8 Å². The number of nitrogens with zero attached hydrogens (tertiary/aromatic N) is 2. The molecule has 6 heteroatoms. The second-order valence-corrected chi connectivity index (χ2v) is 5.51. The van der Waals surface area contributed by atoms with Crippen molar-refractivity contribution in [2.24, 2.45) is 0 Å². The number of alkyl halides is 2. The number of rotatable bonds is 2. The quantitative estimate of drug-likeness (QED) is 0.824. The van der Waals surface area contributed by atoms with E-state index in [0.29, 0.717) is 23.7 Å². The molecule has 0 saturated heterocycles. The average molecular weight is 259 g/mol. The summed E-state index contributed by atoms with van der Waals surface area (Å²) in [6.45, 7) is 0. The first-order chi connectivity index (χ1) is 8.07. The van der Waals surface area contributed by atoms with Crippen molar-refractivity contribution in [3.05, 3.63) is 10.6 Å². The maximum absolute atomic E-state index is 13.1. The van der Waals surface area contributed by atoms with E-state index in [1.165, 1.54) is 0 Å². The molecule has 0 spiro atoms. The molecule has 17 heavy (non-hydrogen) atoms. The predicted octanol–water partition coefficient (Wildman–Crippen LogP) is 3.57. The summed E-state index contributed by atoms with van der Waals surface area (Å²) in [7, 11) is 0. The SMILES string of the molecule is FC1(F)CCC(c2n[nH]c(=S)n2C2CC2)CC1. The lowest BCUT2D eigenvalue weighted by Gasteiger charge is -2.27. The van der Waals surface area contributed by atoms with E-state index in [1.807, 2.05) is 4.57 Å². The number of nitrogens with one attached hydrogen (secondary N) is 1. The van der Waals surface area contributed by atoms with Crippen LogP contribution >= 0.6 is 12.2 Å². The third-order valence-corrected chi connectivity index (χ3v) is 4.01. The molecule has 0 bridgehead atoms. The van der Waals surface area contributed by atoms with Crippen LogP contribution in [-0.2, 0) is 0 Å². The van der Waals surface area contributed by atoms with Gasteiger partial charge in [-0.3, -0.25) is 5.10 Å². The van der Waals surface area contributed by atoms with E-state index < -0.39 is 5.92 Å². The van der Waals surface area contributed by atoms with E-state index in [2.05, 4.69) is 10.2 Å². The first-order valence-electron chi connectivity index (χ1n) is 6.11. The van der Waals surface area contributed by atoms with E-state index >= 15 is 0 Å². The van der Waals surface area contributed by atoms with E-state index in [0.717, 1.165) is 18.7 Å². The Bertz CT molecular complexity index is 465. The molecule has 0 unspecified atom stereocenters. The van der Waals surface area contributed by atoms with Gasteiger partial charge in [-0.05, 0) is 37.9 Å². The first-order valence-corrected chi connectivity index (χ1v) is 6.52. The molecule has 3 nitrogen and oxygen atoms in total. The summed E-state index contributed by atoms with van der Waals surface area (Å²) in [5.41, 5.74) is 0. The molecule has 2 aliphatic rings. The third kappa shape index (κ3) is 2.14. The highest BCUT2D eigenvalue weighted by Gasteiger charge is 2.38. The van der Waals surface area contributed by atoms with Gasteiger partial charge in [-0.2, -0.15) is 5.10 Å². The zero-order chi connectivity index (χ0) is 12.0. The normalized spacial score (nSPS) is 25.1. The standard InChI is InChI=1S/C11H15F2N3S/c12-11(13)5-3-7(4-6-11)9-14-15-10(17)16(9)8-1-2-8/h7-8H,1-6H2,(H,15,17). The van der Waals surface area contributed by atoms with Crippen LogP contribution in [0.1, 0.15) is 56.3 Å². The van der Waals surface area contributed by atoms with Gasteiger partial charge in [-0.1, -0.05) is 0 Å². The Morgan fingerprint density at radius 3 is 2.47 bits per heavy atom. The van der Waals surface area contributed by atoms with E-state index in [-0.39, 0.29) is 18.8 Å². The van der Waals surface area contributed by atoms with Gasteiger partial charge in [0, 0.05) is 24.8 Å². The highest BCUT2D eigenvalue weighted by molar-refractivity contribution is 7.71. The minimum Gasteiger partial charge on any atom is -0.301 e. The number of aromatic amines is 1. The van der Waals surface area contributed by atoms with Gasteiger partial charge >= 0.3 is 0 Å². The Kier molecular flexibility index (Phi) is 2.57. The first kappa shape index (κ1) is 11.3. The number of hydrogen-bond donors (Lipinski definition) is 1. The second-order valence-electron chi connectivity index (χ2n) is 5.12. The van der Waals surface area contributed by atoms with Gasteiger partial charge in [0.05, 0.1) is 0 Å². The van der Waals surface area contributed by atoms with Gasteiger partial charge in [0.15, 0.2) is 4.77 Å². The lowest BCUT2D eigenvalue weighted by Crippen LogP contribution is -2.25. The van der Waals surface area contributed by atoms with Gasteiger partial charge in [-0.15, -0.1) is 0 Å². The van der Waals surface area contributed by atoms with Crippen molar-refractivity contribution in [3.8, 4) is 0 Å². The van der Waals surface area contributed by atoms with Crippen molar-refractivity contribution in [2.45, 2.75) is 56.4 Å². The minimum atomic E-state index is -2.48. The lowest BCUT2D eigenvalue weighted by molar-refractivity contribution is -0.0390. The molecular formula is C11H15F2N3S. The summed E-state index contributed by atoms with van der Waals surface area (Å²) in [4.78, 5) is 0. The smallest absolute Gasteiger partial charge is 0.248 e. The fraction of sp³-hybridized carbons (Fsp3) is 0.818. The Hall–Kier alpha value is -0.780.